The molecule has 1 aromatic heterocycles. The van der Waals surface area contributed by atoms with Crippen LogP contribution in [0.25, 0.3) is 21.8 Å². The molecule has 0 N–H and O–H groups in total. The molecule has 0 saturated heterocycles. The maximum absolute atomic E-state index is 11.7. The molecule has 1 aliphatic rings. The first-order chi connectivity index (χ1) is 10.6. The van der Waals surface area contributed by atoms with E-state index >= 15 is 0 Å². The van der Waals surface area contributed by atoms with Crippen LogP contribution in [0.15, 0.2) is 30.3 Å². The van der Waals surface area contributed by atoms with Gasteiger partial charge in [0.1, 0.15) is 0 Å². The number of carbonyl (C=O) groups excluding carboxylic acids is 1. The van der Waals surface area contributed by atoms with E-state index in [-0.39, 0.29) is 5.91 Å². The Hall–Kier alpha value is -2.29. The molecule has 3 nitrogen and oxygen atoms in total. The van der Waals surface area contributed by atoms with Crippen LogP contribution in [-0.2, 0) is 24.8 Å². The van der Waals surface area contributed by atoms with Gasteiger partial charge >= 0.3 is 0 Å². The molecule has 3 aromatic rings. The Morgan fingerprint density at radius 1 is 1.18 bits per heavy atom. The summed E-state index contributed by atoms with van der Waals surface area (Å²) >= 11 is 0. The van der Waals surface area contributed by atoms with E-state index in [9.17, 15) is 4.79 Å². The summed E-state index contributed by atoms with van der Waals surface area (Å²) in [6, 6.07) is 10.9. The second-order valence-corrected chi connectivity index (χ2v) is 6.30. The zero-order chi connectivity index (χ0) is 15.4. The van der Waals surface area contributed by atoms with Gasteiger partial charge in [0.15, 0.2) is 0 Å². The van der Waals surface area contributed by atoms with Crippen LogP contribution < -0.4 is 0 Å². The molecule has 0 atom stereocenters. The van der Waals surface area contributed by atoms with E-state index in [0.717, 1.165) is 19.5 Å². The Morgan fingerprint density at radius 2 is 1.95 bits per heavy atom. The monoisotopic (exact) mass is 292 g/mol. The van der Waals surface area contributed by atoms with Crippen LogP contribution >= 0.6 is 0 Å². The van der Waals surface area contributed by atoms with Gasteiger partial charge in [-0.1, -0.05) is 18.2 Å². The van der Waals surface area contributed by atoms with Crippen LogP contribution in [0.2, 0.25) is 0 Å². The van der Waals surface area contributed by atoms with E-state index in [2.05, 4.69) is 48.9 Å². The minimum absolute atomic E-state index is 0.168. The smallest absolute Gasteiger partial charge is 0.219 e. The molecule has 0 spiro atoms. The van der Waals surface area contributed by atoms with Crippen LogP contribution in [0, 0.1) is 6.92 Å². The number of fused-ring (bicyclic) bond motifs is 4. The van der Waals surface area contributed by atoms with Crippen molar-refractivity contribution < 1.29 is 4.79 Å². The predicted molar refractivity (Wildman–Crippen MR) is 90.0 cm³/mol. The summed E-state index contributed by atoms with van der Waals surface area (Å²) in [7, 11) is 2.15. The minimum Gasteiger partial charge on any atom is -0.343 e. The van der Waals surface area contributed by atoms with Crippen LogP contribution in [0.4, 0.5) is 0 Å². The van der Waals surface area contributed by atoms with Gasteiger partial charge in [0.25, 0.3) is 0 Å². The molecule has 2 heterocycles. The van der Waals surface area contributed by atoms with Crippen LogP contribution in [0.5, 0.6) is 0 Å². The number of hydrogen-bond donors (Lipinski definition) is 0. The third kappa shape index (κ3) is 1.71. The number of hydrogen-bond acceptors (Lipinski definition) is 1. The SMILES string of the molecule is CC(=O)N1CCc2c(cc3c4ccccc4n(C)c3c2C)C1. The van der Waals surface area contributed by atoms with Gasteiger partial charge in [-0.3, -0.25) is 4.79 Å². The third-order valence-electron chi connectivity index (χ3n) is 5.10. The van der Waals surface area contributed by atoms with Gasteiger partial charge in [-0.15, -0.1) is 0 Å². The highest BCUT2D eigenvalue weighted by Crippen LogP contribution is 2.35. The number of carbonyl (C=O) groups is 1. The molecule has 0 saturated carbocycles. The van der Waals surface area contributed by atoms with Crippen molar-refractivity contribution in [3.63, 3.8) is 0 Å². The number of nitrogens with zero attached hydrogens (tertiary/aromatic N) is 2. The molecule has 0 unspecified atom stereocenters. The predicted octanol–water partition coefficient (Wildman–Crippen LogP) is 3.54. The van der Waals surface area contributed by atoms with E-state index < -0.39 is 0 Å². The quantitative estimate of drug-likeness (QED) is 0.622. The molecule has 22 heavy (non-hydrogen) atoms. The molecule has 4 rings (SSSR count). The Kier molecular flexibility index (Phi) is 2.80. The normalized spacial score (nSPS) is 14.6. The van der Waals surface area contributed by atoms with Crippen LogP contribution in [-0.4, -0.2) is 21.9 Å². The van der Waals surface area contributed by atoms with Gasteiger partial charge in [0.05, 0.1) is 5.52 Å². The van der Waals surface area contributed by atoms with Crippen LogP contribution in [0.3, 0.4) is 0 Å². The molecular weight excluding hydrogens is 272 g/mol. The number of benzene rings is 2. The van der Waals surface area contributed by atoms with E-state index in [4.69, 9.17) is 0 Å². The van der Waals surface area contributed by atoms with Gasteiger partial charge in [-0.2, -0.15) is 0 Å². The van der Waals surface area contributed by atoms with Crippen molar-refractivity contribution in [2.45, 2.75) is 26.8 Å². The molecule has 1 amide bonds. The lowest BCUT2D eigenvalue weighted by Crippen LogP contribution is -2.34. The number of amides is 1. The lowest BCUT2D eigenvalue weighted by molar-refractivity contribution is -0.129. The van der Waals surface area contributed by atoms with Crippen molar-refractivity contribution in [2.24, 2.45) is 7.05 Å². The lowest BCUT2D eigenvalue weighted by Gasteiger charge is -2.29. The van der Waals surface area contributed by atoms with Gasteiger partial charge in [0.2, 0.25) is 5.91 Å². The molecule has 1 aliphatic heterocycles. The zero-order valence-electron chi connectivity index (χ0n) is 13.3. The van der Waals surface area contributed by atoms with Crippen molar-refractivity contribution in [3.8, 4) is 0 Å². The third-order valence-corrected chi connectivity index (χ3v) is 5.10. The first kappa shape index (κ1) is 13.4. The fourth-order valence-electron chi connectivity index (χ4n) is 3.96. The second kappa shape index (κ2) is 4.60. The maximum Gasteiger partial charge on any atom is 0.219 e. The van der Waals surface area contributed by atoms with Crippen molar-refractivity contribution in [2.75, 3.05) is 6.54 Å². The fraction of sp³-hybridized carbons (Fsp3) is 0.316. The number of rotatable bonds is 0. The van der Waals surface area contributed by atoms with Crippen molar-refractivity contribution >= 4 is 27.7 Å². The molecule has 0 aliphatic carbocycles. The number of aryl methyl sites for hydroxylation is 2. The molecule has 0 radical (unpaired) electrons. The van der Waals surface area contributed by atoms with E-state index in [1.807, 2.05) is 4.90 Å². The van der Waals surface area contributed by atoms with Crippen molar-refractivity contribution in [1.82, 2.24) is 9.47 Å². The molecule has 0 fully saturated rings. The summed E-state index contributed by atoms with van der Waals surface area (Å²) in [4.78, 5) is 13.6. The average molecular weight is 292 g/mol. The Balaban J connectivity index is 2.04. The van der Waals surface area contributed by atoms with Gasteiger partial charge in [-0.25, -0.2) is 0 Å². The lowest BCUT2D eigenvalue weighted by atomic mass is 9.92. The van der Waals surface area contributed by atoms with E-state index in [0.29, 0.717) is 0 Å². The number of aromatic nitrogens is 1. The van der Waals surface area contributed by atoms with Crippen molar-refractivity contribution in [3.05, 3.63) is 47.0 Å². The Bertz CT molecular complexity index is 920. The average Bonchev–Trinajstić information content (AvgIpc) is 2.81. The van der Waals surface area contributed by atoms with Crippen molar-refractivity contribution in [1.29, 1.82) is 0 Å². The summed E-state index contributed by atoms with van der Waals surface area (Å²) in [5.74, 6) is 0.168. The van der Waals surface area contributed by atoms with Gasteiger partial charge in [-0.05, 0) is 42.2 Å². The first-order valence-corrected chi connectivity index (χ1v) is 7.82. The van der Waals surface area contributed by atoms with E-state index in [1.165, 1.54) is 38.5 Å². The number of para-hydroxylation sites is 1. The minimum atomic E-state index is 0.168. The van der Waals surface area contributed by atoms with Crippen LogP contribution in [0.1, 0.15) is 23.6 Å². The zero-order valence-corrected chi connectivity index (χ0v) is 13.3. The fourth-order valence-corrected chi connectivity index (χ4v) is 3.96. The summed E-state index contributed by atoms with van der Waals surface area (Å²) in [6.07, 6.45) is 0.957. The molecular formula is C19H20N2O. The maximum atomic E-state index is 11.7. The summed E-state index contributed by atoms with van der Waals surface area (Å²) < 4.78 is 2.30. The summed E-state index contributed by atoms with van der Waals surface area (Å²) in [5.41, 5.74) is 6.70. The highest BCUT2D eigenvalue weighted by Gasteiger charge is 2.22. The Labute approximate surface area is 130 Å². The summed E-state index contributed by atoms with van der Waals surface area (Å²) in [6.45, 7) is 5.46. The van der Waals surface area contributed by atoms with Gasteiger partial charge in [0, 0.05) is 43.4 Å². The topological polar surface area (TPSA) is 25.2 Å². The van der Waals surface area contributed by atoms with Gasteiger partial charge < -0.3 is 9.47 Å². The van der Waals surface area contributed by atoms with E-state index in [1.54, 1.807) is 6.92 Å². The highest BCUT2D eigenvalue weighted by molar-refractivity contribution is 6.09. The highest BCUT2D eigenvalue weighted by atomic mass is 16.2. The largest absolute Gasteiger partial charge is 0.343 e. The molecule has 2 aromatic carbocycles. The molecule has 0 bridgehead atoms. The first-order valence-electron chi connectivity index (χ1n) is 7.82. The molecule has 112 valence electrons. The summed E-state index contributed by atoms with van der Waals surface area (Å²) in [5, 5.41) is 2.60. The standard InChI is InChI=1S/C19H20N2O/c1-12-15-8-9-21(13(2)22)11-14(15)10-17-16-6-4-5-7-18(16)20(3)19(12)17/h4-7,10H,8-9,11H2,1-3H3. The second-order valence-electron chi connectivity index (χ2n) is 6.30. The molecule has 3 heteroatoms. The Morgan fingerprint density at radius 3 is 2.73 bits per heavy atom.